The lowest BCUT2D eigenvalue weighted by molar-refractivity contribution is -0.167. The van der Waals surface area contributed by atoms with Crippen LogP contribution in [-0.2, 0) is 28.6 Å². The average Bonchev–Trinajstić information content (AvgIpc) is 3.46. The molecule has 6 heteroatoms. The predicted octanol–water partition coefficient (Wildman–Crippen LogP) is 24.9. The molecule has 0 spiro atoms. The summed E-state index contributed by atoms with van der Waals surface area (Å²) >= 11 is 0. The summed E-state index contributed by atoms with van der Waals surface area (Å²) in [7, 11) is 0. The van der Waals surface area contributed by atoms with Gasteiger partial charge in [0.05, 0.1) is 0 Å². The molecule has 0 saturated heterocycles. The number of carbonyl (C=O) groups is 3. The molecule has 0 aromatic rings. The molecule has 0 fully saturated rings. The molecular formula is C75H138O6. The molecule has 0 saturated carbocycles. The molecule has 0 rings (SSSR count). The maximum atomic E-state index is 12.9. The van der Waals surface area contributed by atoms with Crippen molar-refractivity contribution in [2.24, 2.45) is 0 Å². The lowest BCUT2D eigenvalue weighted by Crippen LogP contribution is -2.30. The SMILES string of the molecule is CC/C=C\C/C=C\C/C=C\CCCCCC(=O)OCC(COC(=O)CCCCCCCCCCCCCCCCCCCCCCCCCCCCCCCCCC)OC(=O)CCCCCCCCC/C=C\CCCCCCCCC. The lowest BCUT2D eigenvalue weighted by Gasteiger charge is -2.18. The number of hydrogen-bond donors (Lipinski definition) is 0. The van der Waals surface area contributed by atoms with Gasteiger partial charge in [-0.05, 0) is 77.0 Å². The van der Waals surface area contributed by atoms with Crippen LogP contribution in [0.15, 0.2) is 48.6 Å². The van der Waals surface area contributed by atoms with E-state index in [0.29, 0.717) is 19.3 Å². The fourth-order valence-electron chi connectivity index (χ4n) is 10.9. The van der Waals surface area contributed by atoms with Crippen LogP contribution in [0.1, 0.15) is 393 Å². The van der Waals surface area contributed by atoms with Crippen molar-refractivity contribution < 1.29 is 28.6 Å². The van der Waals surface area contributed by atoms with Gasteiger partial charge in [0.15, 0.2) is 6.10 Å². The molecule has 0 radical (unpaired) electrons. The van der Waals surface area contributed by atoms with Gasteiger partial charge in [-0.25, -0.2) is 0 Å². The van der Waals surface area contributed by atoms with Gasteiger partial charge in [0.2, 0.25) is 0 Å². The van der Waals surface area contributed by atoms with Crippen LogP contribution in [0.5, 0.6) is 0 Å². The highest BCUT2D eigenvalue weighted by Gasteiger charge is 2.19. The van der Waals surface area contributed by atoms with Gasteiger partial charge >= 0.3 is 17.9 Å². The molecule has 81 heavy (non-hydrogen) atoms. The van der Waals surface area contributed by atoms with E-state index in [2.05, 4.69) is 69.4 Å². The van der Waals surface area contributed by atoms with Crippen LogP contribution >= 0.6 is 0 Å². The van der Waals surface area contributed by atoms with Gasteiger partial charge in [-0.2, -0.15) is 0 Å². The van der Waals surface area contributed by atoms with Gasteiger partial charge in [0.25, 0.3) is 0 Å². The minimum atomic E-state index is -0.787. The Bertz CT molecular complexity index is 1400. The summed E-state index contributed by atoms with van der Waals surface area (Å²) in [6.45, 7) is 6.56. The zero-order chi connectivity index (χ0) is 58.5. The van der Waals surface area contributed by atoms with Crippen LogP contribution in [0.25, 0.3) is 0 Å². The van der Waals surface area contributed by atoms with Gasteiger partial charge in [0, 0.05) is 19.3 Å². The standard InChI is InChI=1S/C75H138O6/c1-4-7-10-13-16-19-22-25-27-29-31-32-33-34-35-36-37-38-39-40-41-42-43-44-46-47-50-53-56-59-62-65-68-74(77)80-71-72(70-79-73(76)67-64-61-58-55-52-49-24-21-18-15-12-9-6-3)81-75(78)69-66-63-60-57-54-51-48-45-30-28-26-23-20-17-14-11-8-5-2/h9,12,18,21,28,30,49,52,72H,4-8,10-11,13-17,19-20,22-27,29,31-48,50-51,53-71H2,1-3H3/b12-9-,21-18-,30-28-,52-49-. The zero-order valence-electron chi connectivity index (χ0n) is 54.6. The number of unbranched alkanes of at least 4 members (excludes halogenated alkanes) is 48. The Labute approximate surface area is 505 Å². The molecule has 0 aromatic carbocycles. The highest BCUT2D eigenvalue weighted by molar-refractivity contribution is 5.71. The van der Waals surface area contributed by atoms with E-state index < -0.39 is 6.10 Å². The topological polar surface area (TPSA) is 78.9 Å². The Balaban J connectivity index is 4.13. The van der Waals surface area contributed by atoms with Crippen molar-refractivity contribution in [2.45, 2.75) is 399 Å². The number of ether oxygens (including phenoxy) is 3. The van der Waals surface area contributed by atoms with Crippen LogP contribution in [0.4, 0.5) is 0 Å². The maximum Gasteiger partial charge on any atom is 0.306 e. The van der Waals surface area contributed by atoms with Gasteiger partial charge < -0.3 is 14.2 Å². The Kier molecular flexibility index (Phi) is 67.6. The monoisotopic (exact) mass is 1140 g/mol. The molecule has 1 atom stereocenters. The third kappa shape index (κ3) is 68.0. The van der Waals surface area contributed by atoms with Crippen LogP contribution < -0.4 is 0 Å². The minimum Gasteiger partial charge on any atom is -0.462 e. The third-order valence-electron chi connectivity index (χ3n) is 16.3. The Morgan fingerprint density at radius 1 is 0.259 bits per heavy atom. The first-order valence-electron chi connectivity index (χ1n) is 36.1. The summed E-state index contributed by atoms with van der Waals surface area (Å²) in [4.78, 5) is 38.4. The van der Waals surface area contributed by atoms with E-state index >= 15 is 0 Å². The van der Waals surface area contributed by atoms with Crippen LogP contribution in [0, 0.1) is 0 Å². The van der Waals surface area contributed by atoms with Gasteiger partial charge in [-0.3, -0.25) is 14.4 Å². The molecular weight excluding hydrogens is 997 g/mol. The minimum absolute atomic E-state index is 0.0806. The molecule has 0 amide bonds. The third-order valence-corrected chi connectivity index (χ3v) is 16.3. The van der Waals surface area contributed by atoms with E-state index in [1.165, 1.54) is 270 Å². The van der Waals surface area contributed by atoms with Crippen molar-refractivity contribution in [3.05, 3.63) is 48.6 Å². The summed E-state index contributed by atoms with van der Waals surface area (Å²) in [6, 6.07) is 0. The normalized spacial score (nSPS) is 12.3. The fourth-order valence-corrected chi connectivity index (χ4v) is 10.9. The number of allylic oxidation sites excluding steroid dienone is 8. The first-order valence-corrected chi connectivity index (χ1v) is 36.1. The molecule has 0 N–H and O–H groups in total. The first-order chi connectivity index (χ1) is 40.0. The number of esters is 3. The second kappa shape index (κ2) is 69.9. The summed E-state index contributed by atoms with van der Waals surface area (Å²) in [5.41, 5.74) is 0. The molecule has 0 bridgehead atoms. The van der Waals surface area contributed by atoms with Crippen LogP contribution in [-0.4, -0.2) is 37.2 Å². The Morgan fingerprint density at radius 2 is 0.481 bits per heavy atom. The van der Waals surface area contributed by atoms with E-state index in [1.807, 2.05) is 0 Å². The summed E-state index contributed by atoms with van der Waals surface area (Å²) in [5, 5.41) is 0. The molecule has 1 unspecified atom stereocenters. The summed E-state index contributed by atoms with van der Waals surface area (Å²) < 4.78 is 16.9. The van der Waals surface area contributed by atoms with Crippen LogP contribution in [0.2, 0.25) is 0 Å². The number of carbonyl (C=O) groups excluding carboxylic acids is 3. The van der Waals surface area contributed by atoms with Crippen molar-refractivity contribution >= 4 is 17.9 Å². The average molecular weight is 1140 g/mol. The lowest BCUT2D eigenvalue weighted by atomic mass is 10.0. The number of rotatable bonds is 67. The predicted molar refractivity (Wildman–Crippen MR) is 353 cm³/mol. The van der Waals surface area contributed by atoms with Gasteiger partial charge in [-0.1, -0.05) is 345 Å². The van der Waals surface area contributed by atoms with Gasteiger partial charge in [-0.15, -0.1) is 0 Å². The van der Waals surface area contributed by atoms with E-state index in [4.69, 9.17) is 14.2 Å². The highest BCUT2D eigenvalue weighted by atomic mass is 16.6. The van der Waals surface area contributed by atoms with Crippen LogP contribution in [0.3, 0.4) is 0 Å². The molecule has 0 aromatic heterocycles. The second-order valence-corrected chi connectivity index (χ2v) is 24.5. The number of hydrogen-bond acceptors (Lipinski definition) is 6. The molecule has 474 valence electrons. The van der Waals surface area contributed by atoms with Crippen molar-refractivity contribution in [3.63, 3.8) is 0 Å². The molecule has 0 aliphatic carbocycles. The van der Waals surface area contributed by atoms with Gasteiger partial charge in [0.1, 0.15) is 13.2 Å². The summed E-state index contributed by atoms with van der Waals surface area (Å²) in [5.74, 6) is -0.892. The van der Waals surface area contributed by atoms with E-state index in [9.17, 15) is 14.4 Å². The van der Waals surface area contributed by atoms with Crippen molar-refractivity contribution in [1.29, 1.82) is 0 Å². The van der Waals surface area contributed by atoms with Crippen molar-refractivity contribution in [3.8, 4) is 0 Å². The fraction of sp³-hybridized carbons (Fsp3) is 0.853. The van der Waals surface area contributed by atoms with E-state index in [1.54, 1.807) is 0 Å². The summed E-state index contributed by atoms with van der Waals surface area (Å²) in [6.07, 6.45) is 88.9. The largest absolute Gasteiger partial charge is 0.462 e. The quantitative estimate of drug-likeness (QED) is 0.0261. The Hall–Kier alpha value is -2.63. The maximum absolute atomic E-state index is 12.9. The molecule has 6 nitrogen and oxygen atoms in total. The first kappa shape index (κ1) is 78.4. The van der Waals surface area contributed by atoms with E-state index in [0.717, 1.165) is 83.5 Å². The highest BCUT2D eigenvalue weighted by Crippen LogP contribution is 2.19. The molecule has 0 aliphatic heterocycles. The smallest absolute Gasteiger partial charge is 0.306 e. The second-order valence-electron chi connectivity index (χ2n) is 24.5. The zero-order valence-corrected chi connectivity index (χ0v) is 54.6. The van der Waals surface area contributed by atoms with Crippen molar-refractivity contribution in [1.82, 2.24) is 0 Å². The molecule has 0 heterocycles. The molecule has 0 aliphatic rings. The van der Waals surface area contributed by atoms with Crippen molar-refractivity contribution in [2.75, 3.05) is 13.2 Å². The van der Waals surface area contributed by atoms with E-state index in [-0.39, 0.29) is 31.1 Å². The Morgan fingerprint density at radius 3 is 0.778 bits per heavy atom.